The molecule has 1 saturated carbocycles. The Bertz CT molecular complexity index is 309. The van der Waals surface area contributed by atoms with Gasteiger partial charge in [-0.1, -0.05) is 30.2 Å². The minimum Gasteiger partial charge on any atom is -0.299 e. The van der Waals surface area contributed by atoms with Gasteiger partial charge in [0.15, 0.2) is 0 Å². The Hall–Kier alpha value is -0.850. The Balaban J connectivity index is 2.22. The van der Waals surface area contributed by atoms with E-state index >= 15 is 0 Å². The van der Waals surface area contributed by atoms with E-state index in [0.717, 1.165) is 12.8 Å². The molecule has 1 fully saturated rings. The number of carbonyl (C=O) groups excluding carboxylic acids is 1. The van der Waals surface area contributed by atoms with Gasteiger partial charge >= 0.3 is 0 Å². The lowest BCUT2D eigenvalue weighted by Crippen LogP contribution is -2.08. The molecule has 0 bridgehead atoms. The zero-order valence-corrected chi connectivity index (χ0v) is 9.05. The van der Waals surface area contributed by atoms with E-state index in [1.54, 1.807) is 0 Å². The number of carbonyl (C=O) groups is 1. The standard InChI is InChI=1S/C13H18O/c1-9-3-4-11-6-10(2)7-13(14)8-12(11)5-9/h3,5,10-11H,4,6-8H2,1-2H3. The lowest BCUT2D eigenvalue weighted by atomic mass is 9.84. The van der Waals surface area contributed by atoms with Crippen LogP contribution in [0.25, 0.3) is 0 Å². The molecule has 0 spiro atoms. The highest BCUT2D eigenvalue weighted by Crippen LogP contribution is 2.35. The smallest absolute Gasteiger partial charge is 0.137 e. The van der Waals surface area contributed by atoms with E-state index < -0.39 is 0 Å². The first kappa shape index (κ1) is 9.70. The highest BCUT2D eigenvalue weighted by Gasteiger charge is 2.26. The molecule has 2 atom stereocenters. The van der Waals surface area contributed by atoms with Gasteiger partial charge in [-0.05, 0) is 31.6 Å². The minimum absolute atomic E-state index is 0.431. The Morgan fingerprint density at radius 1 is 1.43 bits per heavy atom. The van der Waals surface area contributed by atoms with Crippen molar-refractivity contribution in [2.75, 3.05) is 0 Å². The number of fused-ring (bicyclic) bond motifs is 1. The lowest BCUT2D eigenvalue weighted by molar-refractivity contribution is -0.118. The second-order valence-corrected chi connectivity index (χ2v) is 4.86. The second-order valence-electron chi connectivity index (χ2n) is 4.86. The van der Waals surface area contributed by atoms with Crippen LogP contribution in [0.5, 0.6) is 0 Å². The van der Waals surface area contributed by atoms with Crippen LogP contribution in [-0.2, 0) is 4.79 Å². The average molecular weight is 190 g/mol. The van der Waals surface area contributed by atoms with Gasteiger partial charge in [0.05, 0.1) is 0 Å². The summed E-state index contributed by atoms with van der Waals surface area (Å²) in [5.74, 6) is 1.66. The molecule has 0 aromatic heterocycles. The molecule has 76 valence electrons. The summed E-state index contributed by atoms with van der Waals surface area (Å²) in [6.07, 6.45) is 8.37. The van der Waals surface area contributed by atoms with E-state index in [9.17, 15) is 4.79 Å². The van der Waals surface area contributed by atoms with Crippen molar-refractivity contribution in [2.24, 2.45) is 11.8 Å². The van der Waals surface area contributed by atoms with Gasteiger partial charge < -0.3 is 0 Å². The van der Waals surface area contributed by atoms with Crippen LogP contribution in [0.2, 0.25) is 0 Å². The van der Waals surface area contributed by atoms with Gasteiger partial charge in [0.25, 0.3) is 0 Å². The molecule has 2 aliphatic carbocycles. The molecular weight excluding hydrogens is 172 g/mol. The Labute approximate surface area is 85.9 Å². The molecule has 2 aliphatic rings. The van der Waals surface area contributed by atoms with Crippen molar-refractivity contribution in [3.8, 4) is 0 Å². The Morgan fingerprint density at radius 3 is 3.00 bits per heavy atom. The maximum absolute atomic E-state index is 11.6. The van der Waals surface area contributed by atoms with Crippen LogP contribution in [-0.4, -0.2) is 5.78 Å². The number of hydrogen-bond donors (Lipinski definition) is 0. The van der Waals surface area contributed by atoms with Crippen LogP contribution in [0.15, 0.2) is 23.3 Å². The molecule has 0 N–H and O–H groups in total. The molecule has 0 radical (unpaired) electrons. The molecule has 1 heteroatoms. The van der Waals surface area contributed by atoms with Crippen molar-refractivity contribution in [1.82, 2.24) is 0 Å². The quantitative estimate of drug-likeness (QED) is 0.573. The fourth-order valence-electron chi connectivity index (χ4n) is 2.65. The monoisotopic (exact) mass is 190 g/mol. The van der Waals surface area contributed by atoms with Crippen LogP contribution >= 0.6 is 0 Å². The predicted octanol–water partition coefficient (Wildman–Crippen LogP) is 3.27. The number of allylic oxidation sites excluding steroid dienone is 4. The Kier molecular flexibility index (Phi) is 2.58. The Morgan fingerprint density at radius 2 is 2.21 bits per heavy atom. The van der Waals surface area contributed by atoms with Crippen molar-refractivity contribution in [3.05, 3.63) is 23.3 Å². The molecule has 0 aliphatic heterocycles. The summed E-state index contributed by atoms with van der Waals surface area (Å²) in [5.41, 5.74) is 2.72. The molecule has 0 aromatic carbocycles. The van der Waals surface area contributed by atoms with E-state index in [-0.39, 0.29) is 0 Å². The van der Waals surface area contributed by atoms with E-state index in [2.05, 4.69) is 26.0 Å². The number of hydrogen-bond acceptors (Lipinski definition) is 1. The molecule has 14 heavy (non-hydrogen) atoms. The normalized spacial score (nSPS) is 32.9. The maximum atomic E-state index is 11.6. The highest BCUT2D eigenvalue weighted by atomic mass is 16.1. The summed E-state index contributed by atoms with van der Waals surface area (Å²) in [4.78, 5) is 11.6. The van der Waals surface area contributed by atoms with Crippen LogP contribution < -0.4 is 0 Å². The van der Waals surface area contributed by atoms with Crippen molar-refractivity contribution in [3.63, 3.8) is 0 Å². The molecule has 0 heterocycles. The van der Waals surface area contributed by atoms with Gasteiger partial charge in [-0.25, -0.2) is 0 Å². The van der Waals surface area contributed by atoms with Gasteiger partial charge in [-0.3, -0.25) is 4.79 Å². The van der Waals surface area contributed by atoms with E-state index in [1.807, 2.05) is 0 Å². The van der Waals surface area contributed by atoms with Crippen molar-refractivity contribution in [1.29, 1.82) is 0 Å². The fraction of sp³-hybridized carbons (Fsp3) is 0.615. The summed E-state index contributed by atoms with van der Waals surface area (Å²) in [6, 6.07) is 0. The third-order valence-electron chi connectivity index (χ3n) is 3.33. The first-order chi connectivity index (χ1) is 6.65. The molecule has 2 unspecified atom stereocenters. The molecule has 2 rings (SSSR count). The maximum Gasteiger partial charge on any atom is 0.137 e. The van der Waals surface area contributed by atoms with Crippen molar-refractivity contribution in [2.45, 2.75) is 39.5 Å². The first-order valence-corrected chi connectivity index (χ1v) is 5.54. The summed E-state index contributed by atoms with van der Waals surface area (Å²) in [6.45, 7) is 4.33. The van der Waals surface area contributed by atoms with E-state index in [4.69, 9.17) is 0 Å². The molecule has 0 saturated heterocycles. The minimum atomic E-state index is 0.431. The van der Waals surface area contributed by atoms with Gasteiger partial charge in [0, 0.05) is 12.8 Å². The molecule has 0 amide bonds. The highest BCUT2D eigenvalue weighted by molar-refractivity contribution is 5.81. The molecular formula is C13H18O. The third kappa shape index (κ3) is 1.97. The average Bonchev–Trinajstić information content (AvgIpc) is 2.21. The van der Waals surface area contributed by atoms with Crippen molar-refractivity contribution >= 4 is 5.78 Å². The molecule has 1 nitrogen and oxygen atoms in total. The van der Waals surface area contributed by atoms with Gasteiger partial charge in [0.2, 0.25) is 0 Å². The van der Waals surface area contributed by atoms with Crippen LogP contribution in [0, 0.1) is 11.8 Å². The summed E-state index contributed by atoms with van der Waals surface area (Å²) >= 11 is 0. The van der Waals surface area contributed by atoms with Crippen LogP contribution in [0.1, 0.15) is 39.5 Å². The van der Waals surface area contributed by atoms with Crippen LogP contribution in [0.4, 0.5) is 0 Å². The third-order valence-corrected chi connectivity index (χ3v) is 3.33. The predicted molar refractivity (Wildman–Crippen MR) is 58.0 cm³/mol. The topological polar surface area (TPSA) is 17.1 Å². The van der Waals surface area contributed by atoms with E-state index in [0.29, 0.717) is 24.0 Å². The number of rotatable bonds is 0. The van der Waals surface area contributed by atoms with E-state index in [1.165, 1.54) is 17.6 Å². The fourth-order valence-corrected chi connectivity index (χ4v) is 2.65. The first-order valence-electron chi connectivity index (χ1n) is 5.54. The summed E-state index contributed by atoms with van der Waals surface area (Å²) < 4.78 is 0. The van der Waals surface area contributed by atoms with Gasteiger partial charge in [-0.2, -0.15) is 0 Å². The second kappa shape index (κ2) is 3.72. The number of ketones is 1. The van der Waals surface area contributed by atoms with Crippen LogP contribution in [0.3, 0.4) is 0 Å². The van der Waals surface area contributed by atoms with Crippen molar-refractivity contribution < 1.29 is 4.79 Å². The lowest BCUT2D eigenvalue weighted by Gasteiger charge is -2.21. The zero-order chi connectivity index (χ0) is 10.1. The number of Topliss-reactive ketones (excluding diaryl/α,β-unsaturated/α-hetero) is 1. The van der Waals surface area contributed by atoms with Gasteiger partial charge in [-0.15, -0.1) is 0 Å². The molecule has 0 aromatic rings. The zero-order valence-electron chi connectivity index (χ0n) is 9.05. The summed E-state index contributed by atoms with van der Waals surface area (Å²) in [7, 11) is 0. The van der Waals surface area contributed by atoms with Gasteiger partial charge in [0.1, 0.15) is 5.78 Å². The largest absolute Gasteiger partial charge is 0.299 e. The SMILES string of the molecule is CC1=CCC2CC(C)CC(=O)CC2=C1. The summed E-state index contributed by atoms with van der Waals surface area (Å²) in [5, 5.41) is 0.